The minimum Gasteiger partial charge on any atom is -0.456 e. The molecule has 9 aromatic rings. The van der Waals surface area contributed by atoms with E-state index in [0.29, 0.717) is 5.56 Å². The summed E-state index contributed by atoms with van der Waals surface area (Å²) in [7, 11) is 0. The minimum atomic E-state index is -0.878. The molecule has 0 saturated heterocycles. The van der Waals surface area contributed by atoms with E-state index < -0.39 is 182 Å². The minimum absolute atomic E-state index is 0.182. The van der Waals surface area contributed by atoms with Gasteiger partial charge >= 0.3 is 0 Å². The molecule has 0 aliphatic heterocycles. The van der Waals surface area contributed by atoms with Crippen LogP contribution in [0.2, 0.25) is 0 Å². The van der Waals surface area contributed by atoms with Crippen LogP contribution in [0.1, 0.15) is 27.4 Å². The van der Waals surface area contributed by atoms with Crippen LogP contribution in [0, 0.1) is 0 Å². The second-order valence-electron chi connectivity index (χ2n) is 9.68. The molecule has 4 nitrogen and oxygen atoms in total. The van der Waals surface area contributed by atoms with Crippen molar-refractivity contribution in [1.29, 1.82) is 0 Å². The van der Waals surface area contributed by atoms with E-state index >= 15 is 0 Å². The molecule has 45 heavy (non-hydrogen) atoms. The first-order valence-corrected chi connectivity index (χ1v) is 13.4. The number of fused-ring (bicyclic) bond motifs is 5. The Morgan fingerprint density at radius 1 is 0.422 bits per heavy atom. The van der Waals surface area contributed by atoms with Crippen molar-refractivity contribution in [3.63, 3.8) is 0 Å². The lowest BCUT2D eigenvalue weighted by Gasteiger charge is -2.14. The number of benzene rings is 7. The summed E-state index contributed by atoms with van der Waals surface area (Å²) in [5, 5.41) is -2.58. The molecule has 210 valence electrons. The second-order valence-corrected chi connectivity index (χ2v) is 9.68. The fourth-order valence-electron chi connectivity index (χ4n) is 5.14. The molecule has 0 saturated carbocycles. The van der Waals surface area contributed by atoms with Gasteiger partial charge < -0.3 is 4.42 Å². The second kappa shape index (κ2) is 10.2. The van der Waals surface area contributed by atoms with Crippen molar-refractivity contribution in [3.8, 4) is 45.3 Å². The molecule has 0 atom stereocenters. The zero-order valence-corrected chi connectivity index (χ0v) is 22.6. The normalized spacial score (nSPS) is 17.8. The fourth-order valence-corrected chi connectivity index (χ4v) is 5.14. The van der Waals surface area contributed by atoms with Gasteiger partial charge in [0, 0.05) is 27.5 Å². The summed E-state index contributed by atoms with van der Waals surface area (Å²) in [6, 6.07) is -7.02. The predicted octanol–water partition coefficient (Wildman–Crippen LogP) is 10.7. The maximum Gasteiger partial charge on any atom is 0.164 e. The number of hydrogen-bond donors (Lipinski definition) is 0. The van der Waals surface area contributed by atoms with Crippen molar-refractivity contribution in [2.75, 3.05) is 0 Å². The molecular weight excluding hydrogens is 550 g/mol. The van der Waals surface area contributed by atoms with Crippen LogP contribution >= 0.6 is 0 Å². The molecule has 0 fully saturated rings. The summed E-state index contributed by atoms with van der Waals surface area (Å²) in [6.07, 6.45) is 0. The van der Waals surface area contributed by atoms with Crippen LogP contribution in [-0.2, 0) is 0 Å². The monoisotopic (exact) mass is 595 g/mol. The fraction of sp³-hybridized carbons (Fsp3) is 0. The van der Waals surface area contributed by atoms with Crippen LogP contribution in [-0.4, -0.2) is 15.0 Å². The molecule has 4 heteroatoms. The molecule has 2 aromatic heterocycles. The van der Waals surface area contributed by atoms with Crippen LogP contribution in [0.4, 0.5) is 0 Å². The Morgan fingerprint density at radius 3 is 1.80 bits per heavy atom. The van der Waals surface area contributed by atoms with Gasteiger partial charge in [0.1, 0.15) is 11.2 Å². The van der Waals surface area contributed by atoms with Gasteiger partial charge in [-0.15, -0.1) is 0 Å². The zero-order chi connectivity index (χ0) is 47.1. The van der Waals surface area contributed by atoms with Crippen molar-refractivity contribution in [2.45, 2.75) is 0 Å². The maximum absolute atomic E-state index is 9.28. The van der Waals surface area contributed by atoms with E-state index in [1.807, 2.05) is 0 Å². The van der Waals surface area contributed by atoms with E-state index in [4.69, 9.17) is 27.7 Å². The average molecular weight is 596 g/mol. The van der Waals surface area contributed by atoms with Crippen molar-refractivity contribution in [1.82, 2.24) is 15.0 Å². The van der Waals surface area contributed by atoms with Crippen LogP contribution < -0.4 is 0 Å². The average Bonchev–Trinajstić information content (AvgIpc) is 3.70. The number of aromatic nitrogens is 3. The van der Waals surface area contributed by atoms with Crippen molar-refractivity contribution < 1.29 is 31.8 Å². The number of rotatable bonds is 4. The smallest absolute Gasteiger partial charge is 0.164 e. The van der Waals surface area contributed by atoms with Gasteiger partial charge in [-0.2, -0.15) is 0 Å². The van der Waals surface area contributed by atoms with Crippen molar-refractivity contribution >= 4 is 43.5 Å². The molecule has 0 bridgehead atoms. The lowest BCUT2D eigenvalue weighted by Crippen LogP contribution is -2.01. The van der Waals surface area contributed by atoms with E-state index in [9.17, 15) is 4.11 Å². The molecule has 0 aliphatic carbocycles. The lowest BCUT2D eigenvalue weighted by atomic mass is 9.92. The third-order valence-electron chi connectivity index (χ3n) is 7.12. The Kier molecular flexibility index (Phi) is 2.84. The van der Waals surface area contributed by atoms with E-state index in [2.05, 4.69) is 15.0 Å². The Bertz CT molecular complexity index is 3660. The van der Waals surface area contributed by atoms with Gasteiger partial charge in [0.25, 0.3) is 0 Å². The third-order valence-corrected chi connectivity index (χ3v) is 7.12. The Hall–Kier alpha value is -6.13. The largest absolute Gasteiger partial charge is 0.456 e. The molecule has 9 rings (SSSR count). The van der Waals surface area contributed by atoms with Gasteiger partial charge in [-0.25, -0.2) is 15.0 Å². The summed E-state index contributed by atoms with van der Waals surface area (Å²) in [5.41, 5.74) is -2.57. The van der Waals surface area contributed by atoms with Gasteiger partial charge in [0.05, 0.1) is 27.4 Å². The van der Waals surface area contributed by atoms with E-state index in [1.54, 1.807) is 30.3 Å². The Morgan fingerprint density at radius 2 is 0.956 bits per heavy atom. The SMILES string of the molecule is [2H]c1c([2H])c([2H])c2c(oc3c([2H])c([2H])c([2H])c(-c4nc(-c5ccccc5)nc(-c5c([2H])c([2H])c([2H])c6c(-c7c([2H])c([2H])c([2H])c8c([2H])c([2H])c([2H])c([2H])c78)c([2H])c([2H])c([2H])c56)n4)c32)c1[2H]. The third kappa shape index (κ3) is 4.19. The molecule has 0 unspecified atom stereocenters. The first kappa shape index (κ1) is 12.5. The number of hydrogen-bond acceptors (Lipinski definition) is 4. The maximum atomic E-state index is 9.28. The van der Waals surface area contributed by atoms with Gasteiger partial charge in [-0.1, -0.05) is 139 Å². The molecule has 0 N–H and O–H groups in total. The van der Waals surface area contributed by atoms with Crippen molar-refractivity contribution in [3.05, 3.63) is 151 Å². The lowest BCUT2D eigenvalue weighted by molar-refractivity contribution is 0.669. The first-order valence-electron chi connectivity index (χ1n) is 23.4. The van der Waals surface area contributed by atoms with Crippen LogP contribution in [0.3, 0.4) is 0 Å². The standard InChI is InChI=1S/C41H25N3O/c1-2-13-27(14-3-1)39-42-40(44-41(43-39)35-23-11-25-37-38(35)34-17-6-7-24-36(34)45-37)33-22-10-20-31-30(19-9-21-32(31)33)29-18-8-15-26-12-4-5-16-28(26)29/h1-25H/i4D,5D,6D,7D,8D,9D,10D,11D,12D,15D,16D,17D,18D,19D,20D,21D,22D,23D,24D,25D. The number of nitrogens with zero attached hydrogens (tertiary/aromatic N) is 3. The summed E-state index contributed by atoms with van der Waals surface area (Å²) in [4.78, 5) is 13.8. The number of para-hydroxylation sites is 1. The van der Waals surface area contributed by atoms with Gasteiger partial charge in [0.2, 0.25) is 0 Å². The highest BCUT2D eigenvalue weighted by molar-refractivity contribution is 6.12. The zero-order valence-electron chi connectivity index (χ0n) is 42.6. The predicted molar refractivity (Wildman–Crippen MR) is 184 cm³/mol. The molecule has 0 spiro atoms. The summed E-state index contributed by atoms with van der Waals surface area (Å²) in [6.45, 7) is 0. The van der Waals surface area contributed by atoms with Crippen LogP contribution in [0.15, 0.2) is 156 Å². The first-order chi connectivity index (χ1) is 30.6. The van der Waals surface area contributed by atoms with E-state index in [1.165, 1.54) is 0 Å². The summed E-state index contributed by atoms with van der Waals surface area (Å²) < 4.78 is 182. The quantitative estimate of drug-likeness (QED) is 0.203. The van der Waals surface area contributed by atoms with Gasteiger partial charge in [-0.05, 0) is 44.8 Å². The topological polar surface area (TPSA) is 51.8 Å². The Labute approximate surface area is 287 Å². The van der Waals surface area contributed by atoms with E-state index in [-0.39, 0.29) is 22.2 Å². The highest BCUT2D eigenvalue weighted by Gasteiger charge is 2.19. The van der Waals surface area contributed by atoms with Crippen molar-refractivity contribution in [2.24, 2.45) is 0 Å². The highest BCUT2D eigenvalue weighted by atomic mass is 16.3. The summed E-state index contributed by atoms with van der Waals surface area (Å²) >= 11 is 0. The van der Waals surface area contributed by atoms with Crippen LogP contribution in [0.5, 0.6) is 0 Å². The Balaban J connectivity index is 1.50. The molecule has 0 amide bonds. The van der Waals surface area contributed by atoms with Crippen LogP contribution in [0.25, 0.3) is 88.8 Å². The highest BCUT2D eigenvalue weighted by Crippen LogP contribution is 2.39. The molecule has 7 aromatic carbocycles. The van der Waals surface area contributed by atoms with E-state index in [0.717, 1.165) is 0 Å². The van der Waals surface area contributed by atoms with Gasteiger partial charge in [0.15, 0.2) is 17.5 Å². The number of furan rings is 1. The molecule has 2 heterocycles. The van der Waals surface area contributed by atoms with Gasteiger partial charge in [-0.3, -0.25) is 0 Å². The molecule has 0 radical (unpaired) electrons. The molecule has 0 aliphatic rings. The molecular formula is C41H25N3O. The summed E-state index contributed by atoms with van der Waals surface area (Å²) in [5.74, 6) is -1.20.